The lowest BCUT2D eigenvalue weighted by atomic mass is 10.0. The number of hydrogen-bond acceptors (Lipinski definition) is 10. The SMILES string of the molecule is CCCCNOc1ccc(N(c2ccc(CCc3ccc(N(c4ccc(-c5ccc(N(c6ccc(C)cc6)c6c(C)cc(NCCCC)cc6C)cc5)cc4)c4c(C)cc(NCCCC)cc4C)cc3)cc2)c2ccc(-c3ccc(N(c4ccc(C)cc4)c4ccc(OC(N)CCC)cc4)cc3)cc2)cc1. The zero-order valence-corrected chi connectivity index (χ0v) is 63.9. The van der Waals surface area contributed by atoms with Gasteiger partial charge in [0.2, 0.25) is 0 Å². The van der Waals surface area contributed by atoms with Gasteiger partial charge in [-0.25, -0.2) is 0 Å². The predicted octanol–water partition coefficient (Wildman–Crippen LogP) is 26.1. The van der Waals surface area contributed by atoms with Crippen molar-refractivity contribution in [2.45, 2.75) is 140 Å². The monoisotopic (exact) mass is 1400 g/mol. The molecule has 0 radical (unpaired) electrons. The first-order valence-electron chi connectivity index (χ1n) is 38.4. The summed E-state index contributed by atoms with van der Waals surface area (Å²) in [5.74, 6) is 1.54. The number of nitrogens with one attached hydrogen (secondary N) is 3. The van der Waals surface area contributed by atoms with Crippen LogP contribution in [0.3, 0.4) is 0 Å². The first-order chi connectivity index (χ1) is 51.7. The molecule has 1 atom stereocenters. The van der Waals surface area contributed by atoms with E-state index in [0.29, 0.717) is 0 Å². The highest BCUT2D eigenvalue weighted by atomic mass is 16.6. The summed E-state index contributed by atoms with van der Waals surface area (Å²) < 4.78 is 6.03. The van der Waals surface area contributed by atoms with E-state index in [0.717, 1.165) is 175 Å². The van der Waals surface area contributed by atoms with Crippen LogP contribution in [0.4, 0.5) is 79.6 Å². The molecule has 0 bridgehead atoms. The molecular weight excluding hydrogens is 1300 g/mol. The number of nitrogens with zero attached hydrogens (tertiary/aromatic N) is 4. The van der Waals surface area contributed by atoms with Gasteiger partial charge in [-0.1, -0.05) is 162 Å². The molecule has 0 aliphatic rings. The predicted molar refractivity (Wildman–Crippen MR) is 452 cm³/mol. The summed E-state index contributed by atoms with van der Waals surface area (Å²) in [4.78, 5) is 15.4. The summed E-state index contributed by atoms with van der Waals surface area (Å²) in [6.45, 7) is 24.7. The van der Waals surface area contributed by atoms with Gasteiger partial charge < -0.3 is 39.8 Å². The Morgan fingerprint density at radius 3 is 0.896 bits per heavy atom. The van der Waals surface area contributed by atoms with Crippen LogP contribution in [0.15, 0.2) is 267 Å². The molecule has 0 saturated carbocycles. The Hall–Kier alpha value is -11.0. The molecule has 10 heteroatoms. The van der Waals surface area contributed by atoms with Crippen molar-refractivity contribution in [1.29, 1.82) is 0 Å². The maximum Gasteiger partial charge on any atom is 0.147 e. The van der Waals surface area contributed by atoms with Gasteiger partial charge in [-0.3, -0.25) is 5.73 Å². The fourth-order valence-electron chi connectivity index (χ4n) is 14.1. The Kier molecular flexibility index (Phi) is 25.4. The van der Waals surface area contributed by atoms with E-state index in [1.54, 1.807) is 0 Å². The molecule has 542 valence electrons. The Bertz CT molecular complexity index is 4690. The normalized spacial score (nSPS) is 11.5. The van der Waals surface area contributed by atoms with E-state index in [9.17, 15) is 0 Å². The van der Waals surface area contributed by atoms with Crippen LogP contribution in [0.5, 0.6) is 11.5 Å². The molecule has 0 spiro atoms. The molecule has 12 aromatic carbocycles. The molecule has 0 fully saturated rings. The minimum Gasteiger partial charge on any atom is -0.476 e. The molecule has 10 nitrogen and oxygen atoms in total. The summed E-state index contributed by atoms with van der Waals surface area (Å²) in [6.07, 6.45) is 9.96. The van der Waals surface area contributed by atoms with E-state index in [1.165, 1.54) is 67.1 Å². The second-order valence-electron chi connectivity index (χ2n) is 28.3. The lowest BCUT2D eigenvalue weighted by molar-refractivity contribution is 0.194. The Morgan fingerprint density at radius 2 is 0.585 bits per heavy atom. The highest BCUT2D eigenvalue weighted by molar-refractivity contribution is 5.87. The van der Waals surface area contributed by atoms with Crippen molar-refractivity contribution in [3.8, 4) is 33.8 Å². The van der Waals surface area contributed by atoms with Crippen LogP contribution in [0, 0.1) is 41.5 Å². The first-order valence-corrected chi connectivity index (χ1v) is 38.4. The smallest absolute Gasteiger partial charge is 0.147 e. The van der Waals surface area contributed by atoms with Gasteiger partial charge in [0.25, 0.3) is 0 Å². The molecule has 0 heterocycles. The molecule has 1 unspecified atom stereocenters. The van der Waals surface area contributed by atoms with Crippen molar-refractivity contribution in [2.75, 3.05) is 49.9 Å². The van der Waals surface area contributed by atoms with E-state index >= 15 is 0 Å². The van der Waals surface area contributed by atoms with Crippen molar-refractivity contribution >= 4 is 79.6 Å². The quantitative estimate of drug-likeness (QED) is 0.0178. The highest BCUT2D eigenvalue weighted by Gasteiger charge is 2.23. The Morgan fingerprint density at radius 1 is 0.311 bits per heavy atom. The van der Waals surface area contributed by atoms with Gasteiger partial charge in [0.15, 0.2) is 0 Å². The summed E-state index contributed by atoms with van der Waals surface area (Å²) in [5, 5.41) is 7.36. The van der Waals surface area contributed by atoms with Crippen molar-refractivity contribution < 1.29 is 9.57 Å². The van der Waals surface area contributed by atoms with E-state index in [2.05, 4.69) is 348 Å². The van der Waals surface area contributed by atoms with Gasteiger partial charge in [0.05, 0.1) is 11.4 Å². The fourth-order valence-corrected chi connectivity index (χ4v) is 14.1. The fraction of sp³-hybridized carbons (Fsp3) is 0.250. The number of ether oxygens (including phenoxy) is 1. The lowest BCUT2D eigenvalue weighted by Crippen LogP contribution is -2.26. The van der Waals surface area contributed by atoms with Crippen molar-refractivity contribution in [3.63, 3.8) is 0 Å². The summed E-state index contributed by atoms with van der Waals surface area (Å²) in [5.41, 5.74) is 39.4. The molecule has 106 heavy (non-hydrogen) atoms. The molecule has 12 aromatic rings. The molecule has 5 N–H and O–H groups in total. The number of nitrogens with two attached hydrogens (primary N) is 1. The minimum atomic E-state index is -0.331. The zero-order valence-electron chi connectivity index (χ0n) is 63.9. The van der Waals surface area contributed by atoms with Crippen LogP contribution in [0.2, 0.25) is 0 Å². The molecule has 0 aromatic heterocycles. The number of hydroxylamine groups is 1. The van der Waals surface area contributed by atoms with E-state index in [4.69, 9.17) is 15.3 Å². The van der Waals surface area contributed by atoms with Gasteiger partial charge in [-0.2, -0.15) is 5.48 Å². The largest absolute Gasteiger partial charge is 0.476 e. The van der Waals surface area contributed by atoms with E-state index < -0.39 is 0 Å². The third-order valence-corrected chi connectivity index (χ3v) is 19.9. The van der Waals surface area contributed by atoms with E-state index in [1.807, 2.05) is 24.3 Å². The number of benzene rings is 12. The van der Waals surface area contributed by atoms with Crippen LogP contribution in [0.25, 0.3) is 22.3 Å². The Labute approximate surface area is 631 Å². The number of anilines is 14. The third-order valence-electron chi connectivity index (χ3n) is 19.9. The molecule has 0 saturated heterocycles. The van der Waals surface area contributed by atoms with Crippen molar-refractivity contribution in [2.24, 2.45) is 5.73 Å². The second kappa shape index (κ2) is 36.1. The van der Waals surface area contributed by atoms with Crippen LogP contribution in [-0.4, -0.2) is 25.9 Å². The summed E-state index contributed by atoms with van der Waals surface area (Å²) in [7, 11) is 0. The maximum atomic E-state index is 6.25. The van der Waals surface area contributed by atoms with Gasteiger partial charge in [0, 0.05) is 87.9 Å². The zero-order chi connectivity index (χ0) is 73.9. The number of aryl methyl sites for hydroxylation is 8. The number of rotatable bonds is 34. The average Bonchev–Trinajstić information content (AvgIpc) is 0.783. The molecule has 0 aliphatic carbocycles. The highest BCUT2D eigenvalue weighted by Crippen LogP contribution is 2.45. The Balaban J connectivity index is 0.774. The van der Waals surface area contributed by atoms with Crippen LogP contribution >= 0.6 is 0 Å². The maximum absolute atomic E-state index is 6.25. The molecular formula is C96H106N8O2. The second-order valence-corrected chi connectivity index (χ2v) is 28.3. The average molecular weight is 1400 g/mol. The van der Waals surface area contributed by atoms with Crippen LogP contribution in [0.1, 0.15) is 124 Å². The lowest BCUT2D eigenvalue weighted by Gasteiger charge is -2.30. The minimum absolute atomic E-state index is 0.331. The number of unbranched alkanes of at least 4 members (excludes halogenated alkanes) is 3. The van der Waals surface area contributed by atoms with Crippen molar-refractivity contribution in [3.05, 3.63) is 311 Å². The van der Waals surface area contributed by atoms with Crippen molar-refractivity contribution in [1.82, 2.24) is 5.48 Å². The van der Waals surface area contributed by atoms with Gasteiger partial charge >= 0.3 is 0 Å². The van der Waals surface area contributed by atoms with Gasteiger partial charge in [0.1, 0.15) is 17.7 Å². The summed E-state index contributed by atoms with van der Waals surface area (Å²) in [6, 6.07) is 97.6. The van der Waals surface area contributed by atoms with E-state index in [-0.39, 0.29) is 6.23 Å². The molecule has 12 rings (SSSR count). The third kappa shape index (κ3) is 18.7. The number of hydrogen-bond donors (Lipinski definition) is 4. The first kappa shape index (κ1) is 74.7. The van der Waals surface area contributed by atoms with Crippen LogP contribution < -0.4 is 51.0 Å². The van der Waals surface area contributed by atoms with Crippen LogP contribution in [-0.2, 0) is 12.8 Å². The topological polar surface area (TPSA) is 93.5 Å². The van der Waals surface area contributed by atoms with Gasteiger partial charge in [-0.15, -0.1) is 0 Å². The summed E-state index contributed by atoms with van der Waals surface area (Å²) >= 11 is 0. The molecule has 0 amide bonds. The standard InChI is InChI=1S/C96H106N8O2/c1-11-15-61-98-80-64-70(7)95(71(8)65-80)103(88-39-21-69(6)22-40-88)90-49-33-78(34-50-90)79-35-51-91(52-36-79)104(96-72(9)66-81(67-73(96)10)99-62-16-12-2)89-43-27-75(28-44-89)24-23-74-25-41-83(42-26-74)102(87-55-59-93(60-56-87)106-100-63-17-13-3)85-47-31-77(32-48-85)76-29-45-84(46-30-76)101(82-37-19-68(5)20-38-82)86-53-57-92(58-54-86)105-94(97)18-14-4/h19-22,25-60,64-67,94,98-100H,11-18,23-24,61-63,97H2,1-10H3. The molecule has 0 aliphatic heterocycles. The van der Waals surface area contributed by atoms with Gasteiger partial charge in [-0.05, 0) is 306 Å².